The molecule has 20 heavy (non-hydrogen) atoms. The molecule has 0 bridgehead atoms. The van der Waals surface area contributed by atoms with Crippen molar-refractivity contribution < 1.29 is 0 Å². The average Bonchev–Trinajstić information content (AvgIpc) is 2.48. The highest BCUT2D eigenvalue weighted by Gasteiger charge is 2.10. The van der Waals surface area contributed by atoms with Crippen LogP contribution in [0.4, 0.5) is 5.82 Å². The number of hydrogen-bond acceptors (Lipinski definition) is 3. The molecule has 2 rings (SSSR count). The fourth-order valence-electron chi connectivity index (χ4n) is 2.02. The Morgan fingerprint density at radius 3 is 2.55 bits per heavy atom. The monoisotopic (exact) mass is 289 g/mol. The third-order valence-electron chi connectivity index (χ3n) is 3.14. The highest BCUT2D eigenvalue weighted by molar-refractivity contribution is 6.18. The van der Waals surface area contributed by atoms with Crippen molar-refractivity contribution >= 4 is 17.4 Å². The molecule has 0 fully saturated rings. The van der Waals surface area contributed by atoms with Gasteiger partial charge in [-0.15, -0.1) is 11.6 Å². The van der Waals surface area contributed by atoms with Crippen molar-refractivity contribution in [2.45, 2.75) is 32.2 Å². The van der Waals surface area contributed by atoms with E-state index in [-0.39, 0.29) is 6.04 Å². The van der Waals surface area contributed by atoms with Crippen LogP contribution in [-0.2, 0) is 6.42 Å². The molecule has 4 heteroatoms. The normalized spacial score (nSPS) is 12.4. The van der Waals surface area contributed by atoms with Gasteiger partial charge in [-0.05, 0) is 17.9 Å². The van der Waals surface area contributed by atoms with Gasteiger partial charge >= 0.3 is 0 Å². The molecule has 1 atom stereocenters. The number of aromatic nitrogens is 2. The van der Waals surface area contributed by atoms with E-state index in [1.165, 1.54) is 5.56 Å². The first-order chi connectivity index (χ1) is 9.69. The van der Waals surface area contributed by atoms with Gasteiger partial charge in [-0.25, -0.2) is 9.97 Å². The first-order valence-corrected chi connectivity index (χ1v) is 7.41. The maximum absolute atomic E-state index is 6.06. The van der Waals surface area contributed by atoms with Gasteiger partial charge in [0, 0.05) is 23.7 Å². The van der Waals surface area contributed by atoms with Crippen LogP contribution in [0.5, 0.6) is 0 Å². The summed E-state index contributed by atoms with van der Waals surface area (Å²) in [5.74, 6) is 1.77. The molecule has 2 aromatic rings. The van der Waals surface area contributed by atoms with Crippen LogP contribution in [0.15, 0.2) is 42.7 Å². The summed E-state index contributed by atoms with van der Waals surface area (Å²) in [6, 6.07) is 12.5. The Morgan fingerprint density at radius 1 is 1.15 bits per heavy atom. The summed E-state index contributed by atoms with van der Waals surface area (Å²) in [6.07, 6.45) is 2.48. The fourth-order valence-corrected chi connectivity index (χ4v) is 2.21. The predicted octanol–water partition coefficient (Wildman–Crippen LogP) is 3.86. The van der Waals surface area contributed by atoms with Gasteiger partial charge in [-0.3, -0.25) is 0 Å². The second-order valence-electron chi connectivity index (χ2n) is 5.17. The first kappa shape index (κ1) is 14.8. The van der Waals surface area contributed by atoms with E-state index in [1.54, 1.807) is 6.33 Å². The van der Waals surface area contributed by atoms with Crippen LogP contribution in [-0.4, -0.2) is 21.9 Å². The molecule has 1 aromatic heterocycles. The van der Waals surface area contributed by atoms with Crippen molar-refractivity contribution in [3.05, 3.63) is 54.0 Å². The molecule has 106 valence electrons. The Balaban J connectivity index is 2.04. The third kappa shape index (κ3) is 4.20. The van der Waals surface area contributed by atoms with E-state index in [9.17, 15) is 0 Å². The van der Waals surface area contributed by atoms with E-state index in [4.69, 9.17) is 11.6 Å². The lowest BCUT2D eigenvalue weighted by Crippen LogP contribution is -2.24. The van der Waals surface area contributed by atoms with E-state index >= 15 is 0 Å². The van der Waals surface area contributed by atoms with Crippen molar-refractivity contribution in [2.24, 2.45) is 0 Å². The van der Waals surface area contributed by atoms with Crippen LogP contribution in [0.1, 0.15) is 31.0 Å². The molecule has 3 nitrogen and oxygen atoms in total. The number of alkyl halides is 1. The standard InChI is InChI=1S/C16H20ClN3/c1-12(2)15-9-16(19-11-18-15)20-14(10-17)8-13-6-4-3-5-7-13/h3-7,9,11-12,14H,8,10H2,1-2H3,(H,18,19,20). The zero-order chi connectivity index (χ0) is 14.4. The largest absolute Gasteiger partial charge is 0.366 e. The van der Waals surface area contributed by atoms with Crippen LogP contribution >= 0.6 is 11.6 Å². The van der Waals surface area contributed by atoms with Gasteiger partial charge in [0.2, 0.25) is 0 Å². The van der Waals surface area contributed by atoms with Crippen molar-refractivity contribution in [1.82, 2.24) is 9.97 Å². The zero-order valence-corrected chi connectivity index (χ0v) is 12.6. The Morgan fingerprint density at radius 2 is 1.90 bits per heavy atom. The van der Waals surface area contributed by atoms with Gasteiger partial charge < -0.3 is 5.32 Å². The van der Waals surface area contributed by atoms with Gasteiger partial charge in [-0.1, -0.05) is 44.2 Å². The van der Waals surface area contributed by atoms with E-state index in [0.29, 0.717) is 11.8 Å². The van der Waals surface area contributed by atoms with Crippen LogP contribution in [0.2, 0.25) is 0 Å². The van der Waals surface area contributed by atoms with Crippen molar-refractivity contribution in [3.8, 4) is 0 Å². The van der Waals surface area contributed by atoms with Crippen LogP contribution in [0, 0.1) is 0 Å². The van der Waals surface area contributed by atoms with Gasteiger partial charge in [0.25, 0.3) is 0 Å². The lowest BCUT2D eigenvalue weighted by Gasteiger charge is -2.17. The molecule has 0 saturated heterocycles. The Kier molecular flexibility index (Phi) is 5.36. The molecule has 1 heterocycles. The summed E-state index contributed by atoms with van der Waals surface area (Å²) in [5.41, 5.74) is 2.30. The molecule has 1 unspecified atom stereocenters. The summed E-state index contributed by atoms with van der Waals surface area (Å²) in [6.45, 7) is 4.24. The van der Waals surface area contributed by atoms with E-state index in [2.05, 4.69) is 41.3 Å². The van der Waals surface area contributed by atoms with E-state index < -0.39 is 0 Å². The Bertz CT molecular complexity index is 528. The first-order valence-electron chi connectivity index (χ1n) is 6.87. The molecule has 0 aliphatic heterocycles. The van der Waals surface area contributed by atoms with Gasteiger partial charge in [0.05, 0.1) is 0 Å². The van der Waals surface area contributed by atoms with Gasteiger partial charge in [-0.2, -0.15) is 0 Å². The maximum Gasteiger partial charge on any atom is 0.129 e. The summed E-state index contributed by atoms with van der Waals surface area (Å²) < 4.78 is 0. The Labute approximate surface area is 125 Å². The smallest absolute Gasteiger partial charge is 0.129 e. The van der Waals surface area contributed by atoms with E-state index in [1.807, 2.05) is 24.3 Å². The maximum atomic E-state index is 6.06. The van der Waals surface area contributed by atoms with Crippen LogP contribution in [0.3, 0.4) is 0 Å². The molecule has 0 aliphatic rings. The molecule has 0 amide bonds. The lowest BCUT2D eigenvalue weighted by molar-refractivity contribution is 0.779. The lowest BCUT2D eigenvalue weighted by atomic mass is 10.1. The molecule has 1 N–H and O–H groups in total. The molecule has 0 saturated carbocycles. The van der Waals surface area contributed by atoms with Gasteiger partial charge in [0.15, 0.2) is 0 Å². The molecule has 0 aliphatic carbocycles. The number of hydrogen-bond donors (Lipinski definition) is 1. The highest BCUT2D eigenvalue weighted by atomic mass is 35.5. The predicted molar refractivity (Wildman–Crippen MR) is 84.4 cm³/mol. The molecule has 1 aromatic carbocycles. The second-order valence-corrected chi connectivity index (χ2v) is 5.48. The van der Waals surface area contributed by atoms with Gasteiger partial charge in [0.1, 0.15) is 12.1 Å². The topological polar surface area (TPSA) is 37.8 Å². The molecule has 0 radical (unpaired) electrons. The van der Waals surface area contributed by atoms with Crippen molar-refractivity contribution in [1.29, 1.82) is 0 Å². The number of nitrogens with zero attached hydrogens (tertiary/aromatic N) is 2. The van der Waals surface area contributed by atoms with E-state index in [0.717, 1.165) is 17.9 Å². The summed E-state index contributed by atoms with van der Waals surface area (Å²) >= 11 is 6.06. The molecular formula is C16H20ClN3. The minimum atomic E-state index is 0.161. The quantitative estimate of drug-likeness (QED) is 0.821. The molecule has 0 spiro atoms. The number of anilines is 1. The van der Waals surface area contributed by atoms with Crippen LogP contribution in [0.25, 0.3) is 0 Å². The van der Waals surface area contributed by atoms with Crippen LogP contribution < -0.4 is 5.32 Å². The number of nitrogens with one attached hydrogen (secondary N) is 1. The summed E-state index contributed by atoms with van der Waals surface area (Å²) in [7, 11) is 0. The third-order valence-corrected chi connectivity index (χ3v) is 3.52. The second kappa shape index (κ2) is 7.25. The number of benzene rings is 1. The minimum Gasteiger partial charge on any atom is -0.366 e. The van der Waals surface area contributed by atoms with Crippen molar-refractivity contribution in [3.63, 3.8) is 0 Å². The number of halogens is 1. The summed E-state index contributed by atoms with van der Waals surface area (Å²) in [5, 5.41) is 3.39. The minimum absolute atomic E-state index is 0.161. The number of rotatable bonds is 6. The average molecular weight is 290 g/mol. The highest BCUT2D eigenvalue weighted by Crippen LogP contribution is 2.15. The van der Waals surface area contributed by atoms with Crippen molar-refractivity contribution in [2.75, 3.05) is 11.2 Å². The SMILES string of the molecule is CC(C)c1cc(NC(CCl)Cc2ccccc2)ncn1. The fraction of sp³-hybridized carbons (Fsp3) is 0.375. The Hall–Kier alpha value is -1.61. The zero-order valence-electron chi connectivity index (χ0n) is 11.9. The molecular weight excluding hydrogens is 270 g/mol. The summed E-state index contributed by atoms with van der Waals surface area (Å²) in [4.78, 5) is 8.54.